The van der Waals surface area contributed by atoms with Crippen molar-refractivity contribution in [1.29, 1.82) is 0 Å². The number of sulfonamides is 1. The number of ether oxygens (including phenoxy) is 1. The van der Waals surface area contributed by atoms with Crippen LogP contribution in [0.5, 0.6) is 5.88 Å². The van der Waals surface area contributed by atoms with Crippen molar-refractivity contribution >= 4 is 10.0 Å². The summed E-state index contributed by atoms with van der Waals surface area (Å²) in [6.07, 6.45) is 4.04. The van der Waals surface area contributed by atoms with Gasteiger partial charge in [-0.3, -0.25) is 0 Å². The van der Waals surface area contributed by atoms with Gasteiger partial charge in [-0.2, -0.15) is 0 Å². The monoisotopic (exact) mass is 257 g/mol. The van der Waals surface area contributed by atoms with Crippen molar-refractivity contribution in [3.05, 3.63) is 18.3 Å². The standard InChI is InChI=1S/C10H15N3O3S/c11-8-2-1-3-9(8)16-10-5-4-7(6-13-10)17(12,14)15/h4-6,8-9H,1-3,11H2,(H2,12,14,15). The predicted octanol–water partition coefficient (Wildman–Crippen LogP) is -0.0124. The Balaban J connectivity index is 2.08. The second-order valence-electron chi connectivity index (χ2n) is 4.13. The molecule has 17 heavy (non-hydrogen) atoms. The van der Waals surface area contributed by atoms with Gasteiger partial charge in [0.25, 0.3) is 0 Å². The lowest BCUT2D eigenvalue weighted by molar-refractivity contribution is 0.183. The van der Waals surface area contributed by atoms with Crippen molar-refractivity contribution in [2.24, 2.45) is 10.9 Å². The van der Waals surface area contributed by atoms with Gasteiger partial charge in [0.15, 0.2) is 0 Å². The van der Waals surface area contributed by atoms with E-state index in [1.165, 1.54) is 18.3 Å². The van der Waals surface area contributed by atoms with Gasteiger partial charge in [-0.15, -0.1) is 0 Å². The fraction of sp³-hybridized carbons (Fsp3) is 0.500. The first-order valence-corrected chi connectivity index (χ1v) is 6.92. The van der Waals surface area contributed by atoms with Crippen LogP contribution in [-0.4, -0.2) is 25.5 Å². The summed E-state index contributed by atoms with van der Waals surface area (Å²) in [7, 11) is -3.70. The molecule has 7 heteroatoms. The molecule has 0 spiro atoms. The van der Waals surface area contributed by atoms with E-state index in [0.29, 0.717) is 5.88 Å². The lowest BCUT2D eigenvalue weighted by atomic mass is 10.2. The van der Waals surface area contributed by atoms with Gasteiger partial charge in [-0.05, 0) is 25.3 Å². The van der Waals surface area contributed by atoms with Crippen LogP contribution in [0.15, 0.2) is 23.2 Å². The molecule has 0 amide bonds. The zero-order valence-electron chi connectivity index (χ0n) is 9.24. The zero-order valence-corrected chi connectivity index (χ0v) is 10.1. The molecule has 2 rings (SSSR count). The van der Waals surface area contributed by atoms with E-state index in [9.17, 15) is 8.42 Å². The van der Waals surface area contributed by atoms with Gasteiger partial charge in [-0.25, -0.2) is 18.5 Å². The van der Waals surface area contributed by atoms with E-state index in [4.69, 9.17) is 15.6 Å². The topological polar surface area (TPSA) is 108 Å². The lowest BCUT2D eigenvalue weighted by Gasteiger charge is -2.16. The van der Waals surface area contributed by atoms with Gasteiger partial charge < -0.3 is 10.5 Å². The molecule has 1 aliphatic rings. The molecular formula is C10H15N3O3S. The quantitative estimate of drug-likeness (QED) is 0.791. The molecule has 1 saturated carbocycles. The van der Waals surface area contributed by atoms with Crippen LogP contribution in [0.4, 0.5) is 0 Å². The molecule has 0 aliphatic heterocycles. The minimum Gasteiger partial charge on any atom is -0.473 e. The summed E-state index contributed by atoms with van der Waals surface area (Å²) in [5.74, 6) is 0.375. The molecule has 2 atom stereocenters. The first-order chi connectivity index (χ1) is 7.97. The molecule has 6 nitrogen and oxygen atoms in total. The highest BCUT2D eigenvalue weighted by molar-refractivity contribution is 7.89. The first kappa shape index (κ1) is 12.3. The van der Waals surface area contributed by atoms with E-state index in [0.717, 1.165) is 19.3 Å². The van der Waals surface area contributed by atoms with E-state index in [1.54, 1.807) is 0 Å². The van der Waals surface area contributed by atoms with Crippen LogP contribution < -0.4 is 15.6 Å². The van der Waals surface area contributed by atoms with Crippen LogP contribution in [0.1, 0.15) is 19.3 Å². The molecule has 1 aromatic heterocycles. The number of hydrogen-bond acceptors (Lipinski definition) is 5. The number of nitrogens with zero attached hydrogens (tertiary/aromatic N) is 1. The Morgan fingerprint density at radius 2 is 2.12 bits per heavy atom. The van der Waals surface area contributed by atoms with E-state index in [-0.39, 0.29) is 17.0 Å². The highest BCUT2D eigenvalue weighted by atomic mass is 32.2. The van der Waals surface area contributed by atoms with Crippen LogP contribution in [0.2, 0.25) is 0 Å². The molecule has 94 valence electrons. The minimum atomic E-state index is -3.70. The van der Waals surface area contributed by atoms with E-state index in [1.807, 2.05) is 0 Å². The molecule has 2 unspecified atom stereocenters. The molecule has 1 fully saturated rings. The van der Waals surface area contributed by atoms with E-state index < -0.39 is 10.0 Å². The largest absolute Gasteiger partial charge is 0.473 e. The average molecular weight is 257 g/mol. The Bertz CT molecular complexity index is 486. The number of primary sulfonamides is 1. The van der Waals surface area contributed by atoms with Gasteiger partial charge in [0, 0.05) is 12.1 Å². The highest BCUT2D eigenvalue weighted by Gasteiger charge is 2.25. The number of rotatable bonds is 3. The normalized spacial score (nSPS) is 24.8. The minimum absolute atomic E-state index is 0.0229. The first-order valence-electron chi connectivity index (χ1n) is 5.38. The molecule has 0 bridgehead atoms. The number of aromatic nitrogens is 1. The Labute approximate surface area is 100 Å². The van der Waals surface area contributed by atoms with E-state index in [2.05, 4.69) is 4.98 Å². The van der Waals surface area contributed by atoms with Crippen molar-refractivity contribution in [1.82, 2.24) is 4.98 Å². The van der Waals surface area contributed by atoms with Gasteiger partial charge >= 0.3 is 0 Å². The van der Waals surface area contributed by atoms with Crippen LogP contribution in [0.3, 0.4) is 0 Å². The molecule has 1 heterocycles. The summed E-state index contributed by atoms with van der Waals surface area (Å²) in [4.78, 5) is 3.88. The molecule has 0 aromatic carbocycles. The Hall–Kier alpha value is -1.18. The van der Waals surface area contributed by atoms with Crippen LogP contribution in [0, 0.1) is 0 Å². The second-order valence-corrected chi connectivity index (χ2v) is 5.69. The average Bonchev–Trinajstić information content (AvgIpc) is 2.64. The summed E-state index contributed by atoms with van der Waals surface area (Å²) in [6, 6.07) is 2.89. The number of hydrogen-bond donors (Lipinski definition) is 2. The van der Waals surface area contributed by atoms with Gasteiger partial charge in [0.2, 0.25) is 15.9 Å². The van der Waals surface area contributed by atoms with Crippen LogP contribution >= 0.6 is 0 Å². The molecular weight excluding hydrogens is 242 g/mol. The van der Waals surface area contributed by atoms with Crippen LogP contribution in [-0.2, 0) is 10.0 Å². The Morgan fingerprint density at radius 1 is 1.35 bits per heavy atom. The summed E-state index contributed by atoms with van der Waals surface area (Å²) in [5.41, 5.74) is 5.86. The maximum Gasteiger partial charge on any atom is 0.239 e. The molecule has 0 radical (unpaired) electrons. The van der Waals surface area contributed by atoms with Gasteiger partial charge in [-0.1, -0.05) is 0 Å². The van der Waals surface area contributed by atoms with Crippen LogP contribution in [0.25, 0.3) is 0 Å². The highest BCUT2D eigenvalue weighted by Crippen LogP contribution is 2.22. The maximum atomic E-state index is 11.0. The Morgan fingerprint density at radius 3 is 2.59 bits per heavy atom. The fourth-order valence-corrected chi connectivity index (χ4v) is 2.32. The zero-order chi connectivity index (χ0) is 12.5. The maximum absolute atomic E-state index is 11.0. The second kappa shape index (κ2) is 4.59. The smallest absolute Gasteiger partial charge is 0.239 e. The summed E-state index contributed by atoms with van der Waals surface area (Å²) >= 11 is 0. The summed E-state index contributed by atoms with van der Waals surface area (Å²) < 4.78 is 27.6. The predicted molar refractivity (Wildman–Crippen MR) is 61.9 cm³/mol. The van der Waals surface area contributed by atoms with E-state index >= 15 is 0 Å². The SMILES string of the molecule is NC1CCCC1Oc1ccc(S(N)(=O)=O)cn1. The third-order valence-electron chi connectivity index (χ3n) is 2.81. The number of nitrogens with two attached hydrogens (primary N) is 2. The van der Waals surface area contributed by atoms with Crippen molar-refractivity contribution in [3.8, 4) is 5.88 Å². The molecule has 4 N–H and O–H groups in total. The fourth-order valence-electron chi connectivity index (χ4n) is 1.86. The lowest BCUT2D eigenvalue weighted by Crippen LogP contribution is -2.33. The molecule has 1 aromatic rings. The number of pyridine rings is 1. The molecule has 0 saturated heterocycles. The van der Waals surface area contributed by atoms with Crippen molar-refractivity contribution in [3.63, 3.8) is 0 Å². The van der Waals surface area contributed by atoms with Crippen molar-refractivity contribution in [2.75, 3.05) is 0 Å². The van der Waals surface area contributed by atoms with Gasteiger partial charge in [0.1, 0.15) is 11.0 Å². The molecule has 1 aliphatic carbocycles. The van der Waals surface area contributed by atoms with Crippen molar-refractivity contribution < 1.29 is 13.2 Å². The summed E-state index contributed by atoms with van der Waals surface area (Å²) in [6.45, 7) is 0. The van der Waals surface area contributed by atoms with Crippen molar-refractivity contribution in [2.45, 2.75) is 36.3 Å². The van der Waals surface area contributed by atoms with Gasteiger partial charge in [0.05, 0.1) is 6.20 Å². The third kappa shape index (κ3) is 2.93. The third-order valence-corrected chi connectivity index (χ3v) is 3.71. The summed E-state index contributed by atoms with van der Waals surface area (Å²) in [5, 5.41) is 4.96. The Kier molecular flexibility index (Phi) is 3.32.